The molecular weight excluding hydrogens is 278 g/mol. The number of benzene rings is 1. The van der Waals surface area contributed by atoms with Crippen LogP contribution in [0.3, 0.4) is 0 Å². The second-order valence-electron chi connectivity index (χ2n) is 4.84. The number of aromatic carboxylic acids is 1. The lowest BCUT2D eigenvalue weighted by Crippen LogP contribution is -2.26. The summed E-state index contributed by atoms with van der Waals surface area (Å²) < 4.78 is 26.9. The average molecular weight is 299 g/mol. The molecular formula is C14H21NO4S. The number of carboxylic acid groups (broad SMARTS) is 1. The minimum atomic E-state index is -3.66. The standard InChI is InChI=1S/C14H21NO4S/c1-4-5-6-7-15-20(18,19)13-9-12(14(16)17)10(2)8-11(13)3/h8-9,15H,4-7H2,1-3H3,(H,16,17). The zero-order chi connectivity index (χ0) is 15.3. The maximum Gasteiger partial charge on any atom is 0.335 e. The molecule has 2 N–H and O–H groups in total. The molecule has 1 rings (SSSR count). The molecule has 0 saturated heterocycles. The molecule has 0 heterocycles. The first-order valence-electron chi connectivity index (χ1n) is 6.63. The van der Waals surface area contributed by atoms with Crippen molar-refractivity contribution in [2.75, 3.05) is 6.54 Å². The fourth-order valence-electron chi connectivity index (χ4n) is 2.01. The quantitative estimate of drug-likeness (QED) is 0.758. The van der Waals surface area contributed by atoms with Crippen molar-refractivity contribution < 1.29 is 18.3 Å². The number of hydrogen-bond donors (Lipinski definition) is 2. The van der Waals surface area contributed by atoms with Crippen LogP contribution >= 0.6 is 0 Å². The van der Waals surface area contributed by atoms with Crippen LogP contribution in [0, 0.1) is 13.8 Å². The van der Waals surface area contributed by atoms with E-state index in [2.05, 4.69) is 4.72 Å². The minimum Gasteiger partial charge on any atom is -0.478 e. The summed E-state index contributed by atoms with van der Waals surface area (Å²) in [5.41, 5.74) is 1.12. The van der Waals surface area contributed by atoms with Gasteiger partial charge in [-0.15, -0.1) is 0 Å². The number of carboxylic acids is 1. The molecule has 0 fully saturated rings. The Hall–Kier alpha value is -1.40. The van der Waals surface area contributed by atoms with E-state index in [1.807, 2.05) is 6.92 Å². The van der Waals surface area contributed by atoms with Crippen molar-refractivity contribution in [3.05, 3.63) is 28.8 Å². The molecule has 112 valence electrons. The van der Waals surface area contributed by atoms with Crippen molar-refractivity contribution in [3.8, 4) is 0 Å². The molecule has 1 aromatic rings. The van der Waals surface area contributed by atoms with Crippen LogP contribution in [0.25, 0.3) is 0 Å². The van der Waals surface area contributed by atoms with Crippen LogP contribution in [-0.2, 0) is 10.0 Å². The van der Waals surface area contributed by atoms with E-state index in [-0.39, 0.29) is 10.5 Å². The van der Waals surface area contributed by atoms with Crippen LogP contribution in [0.5, 0.6) is 0 Å². The van der Waals surface area contributed by atoms with E-state index < -0.39 is 16.0 Å². The predicted octanol–water partition coefficient (Wildman–Crippen LogP) is 2.47. The molecule has 0 spiro atoms. The number of aryl methyl sites for hydroxylation is 2. The fraction of sp³-hybridized carbons (Fsp3) is 0.500. The molecule has 6 heteroatoms. The number of sulfonamides is 1. The van der Waals surface area contributed by atoms with Crippen molar-refractivity contribution in [2.45, 2.75) is 44.9 Å². The summed E-state index contributed by atoms with van der Waals surface area (Å²) >= 11 is 0. The molecule has 5 nitrogen and oxygen atoms in total. The third kappa shape index (κ3) is 4.05. The molecule has 0 aliphatic heterocycles. The second kappa shape index (κ2) is 6.85. The Morgan fingerprint density at radius 3 is 2.40 bits per heavy atom. The number of nitrogens with one attached hydrogen (secondary N) is 1. The van der Waals surface area contributed by atoms with Gasteiger partial charge in [0.2, 0.25) is 10.0 Å². The minimum absolute atomic E-state index is 0.0181. The van der Waals surface area contributed by atoms with Crippen molar-refractivity contribution in [1.29, 1.82) is 0 Å². The SMILES string of the molecule is CCCCCNS(=O)(=O)c1cc(C(=O)O)c(C)cc1C. The average Bonchev–Trinajstić information content (AvgIpc) is 2.33. The van der Waals surface area contributed by atoms with Crippen LogP contribution in [0.15, 0.2) is 17.0 Å². The van der Waals surface area contributed by atoms with Crippen LogP contribution in [0.2, 0.25) is 0 Å². The van der Waals surface area contributed by atoms with Crippen molar-refractivity contribution in [3.63, 3.8) is 0 Å². The first-order chi connectivity index (χ1) is 9.29. The zero-order valence-electron chi connectivity index (χ0n) is 12.1. The smallest absolute Gasteiger partial charge is 0.335 e. The Bertz CT molecular complexity index is 593. The van der Waals surface area contributed by atoms with Crippen LogP contribution in [-0.4, -0.2) is 26.0 Å². The van der Waals surface area contributed by atoms with Crippen molar-refractivity contribution >= 4 is 16.0 Å². The van der Waals surface area contributed by atoms with Gasteiger partial charge in [-0.2, -0.15) is 0 Å². The van der Waals surface area contributed by atoms with Gasteiger partial charge in [-0.3, -0.25) is 0 Å². The normalized spacial score (nSPS) is 11.6. The van der Waals surface area contributed by atoms with E-state index in [9.17, 15) is 13.2 Å². The van der Waals surface area contributed by atoms with E-state index in [0.29, 0.717) is 17.7 Å². The van der Waals surface area contributed by atoms with E-state index in [4.69, 9.17) is 5.11 Å². The van der Waals surface area contributed by atoms with Gasteiger partial charge in [-0.1, -0.05) is 25.8 Å². The molecule has 0 bridgehead atoms. The maximum atomic E-state index is 12.2. The summed E-state index contributed by atoms with van der Waals surface area (Å²) in [6.45, 7) is 5.73. The number of rotatable bonds is 7. The van der Waals surface area contributed by atoms with Gasteiger partial charge in [0.05, 0.1) is 10.5 Å². The highest BCUT2D eigenvalue weighted by Gasteiger charge is 2.20. The first-order valence-corrected chi connectivity index (χ1v) is 8.12. The van der Waals surface area contributed by atoms with E-state index in [1.165, 1.54) is 6.07 Å². The lowest BCUT2D eigenvalue weighted by Gasteiger charge is -2.11. The summed E-state index contributed by atoms with van der Waals surface area (Å²) in [6.07, 6.45) is 2.73. The zero-order valence-corrected chi connectivity index (χ0v) is 12.9. The lowest BCUT2D eigenvalue weighted by molar-refractivity contribution is 0.0696. The van der Waals surface area contributed by atoms with Gasteiger partial charge in [0.15, 0.2) is 0 Å². The maximum absolute atomic E-state index is 12.2. The Labute approximate surface area is 120 Å². The lowest BCUT2D eigenvalue weighted by atomic mass is 10.1. The summed E-state index contributed by atoms with van der Waals surface area (Å²) in [7, 11) is -3.66. The van der Waals surface area contributed by atoms with Gasteiger partial charge >= 0.3 is 5.97 Å². The van der Waals surface area contributed by atoms with Crippen LogP contribution in [0.1, 0.15) is 47.7 Å². The summed E-state index contributed by atoms with van der Waals surface area (Å²) in [5, 5.41) is 9.08. The molecule has 0 aliphatic carbocycles. The summed E-state index contributed by atoms with van der Waals surface area (Å²) in [6, 6.07) is 2.82. The van der Waals surface area contributed by atoms with Crippen molar-refractivity contribution in [2.24, 2.45) is 0 Å². The third-order valence-electron chi connectivity index (χ3n) is 3.11. The van der Waals surface area contributed by atoms with Gasteiger partial charge in [0.1, 0.15) is 0 Å². The molecule has 0 amide bonds. The van der Waals surface area contributed by atoms with Gasteiger partial charge < -0.3 is 5.11 Å². The van der Waals surface area contributed by atoms with E-state index >= 15 is 0 Å². The fourth-order valence-corrected chi connectivity index (χ4v) is 3.34. The van der Waals surface area contributed by atoms with Crippen molar-refractivity contribution in [1.82, 2.24) is 4.72 Å². The Balaban J connectivity index is 3.05. The summed E-state index contributed by atoms with van der Waals surface area (Å²) in [4.78, 5) is 11.1. The molecule has 0 aliphatic rings. The highest BCUT2D eigenvalue weighted by Crippen LogP contribution is 2.20. The van der Waals surface area contributed by atoms with Gasteiger partial charge in [-0.05, 0) is 37.5 Å². The molecule has 0 saturated carbocycles. The van der Waals surface area contributed by atoms with Gasteiger partial charge in [-0.25, -0.2) is 17.9 Å². The largest absolute Gasteiger partial charge is 0.478 e. The van der Waals surface area contributed by atoms with Crippen LogP contribution < -0.4 is 4.72 Å². The summed E-state index contributed by atoms with van der Waals surface area (Å²) in [5.74, 6) is -1.12. The Morgan fingerprint density at radius 2 is 1.85 bits per heavy atom. The highest BCUT2D eigenvalue weighted by molar-refractivity contribution is 7.89. The molecule has 0 aromatic heterocycles. The molecule has 0 radical (unpaired) electrons. The predicted molar refractivity (Wildman–Crippen MR) is 77.6 cm³/mol. The Kier molecular flexibility index (Phi) is 5.71. The van der Waals surface area contributed by atoms with E-state index in [0.717, 1.165) is 19.3 Å². The second-order valence-corrected chi connectivity index (χ2v) is 6.58. The van der Waals surface area contributed by atoms with Gasteiger partial charge in [0.25, 0.3) is 0 Å². The first kappa shape index (κ1) is 16.7. The monoisotopic (exact) mass is 299 g/mol. The highest BCUT2D eigenvalue weighted by atomic mass is 32.2. The topological polar surface area (TPSA) is 83.5 Å². The molecule has 0 unspecified atom stereocenters. The van der Waals surface area contributed by atoms with E-state index in [1.54, 1.807) is 19.9 Å². The molecule has 0 atom stereocenters. The molecule has 20 heavy (non-hydrogen) atoms. The van der Waals surface area contributed by atoms with Gasteiger partial charge in [0, 0.05) is 6.54 Å². The molecule has 1 aromatic carbocycles. The number of hydrogen-bond acceptors (Lipinski definition) is 3. The number of carbonyl (C=O) groups is 1. The van der Waals surface area contributed by atoms with Crippen LogP contribution in [0.4, 0.5) is 0 Å². The number of unbranched alkanes of at least 4 members (excludes halogenated alkanes) is 2. The third-order valence-corrected chi connectivity index (χ3v) is 4.72. The Morgan fingerprint density at radius 1 is 1.20 bits per heavy atom.